The number of aromatic nitrogens is 4. The molecule has 0 spiro atoms. The topological polar surface area (TPSA) is 76.4 Å². The quantitative estimate of drug-likeness (QED) is 0.806. The maximum atomic E-state index is 13.0. The van der Waals surface area contributed by atoms with Gasteiger partial charge in [-0.05, 0) is 59.9 Å². The second-order valence-corrected chi connectivity index (χ2v) is 6.92. The average molecular weight is 358 g/mol. The van der Waals surface area contributed by atoms with Gasteiger partial charge in [0.05, 0.1) is 7.11 Å². The van der Waals surface area contributed by atoms with E-state index in [1.165, 1.54) is 0 Å². The number of carbonyl (C=O) groups is 1. The molecule has 2 aromatic rings. The third-order valence-corrected chi connectivity index (χ3v) is 4.94. The molecule has 2 heterocycles. The second kappa shape index (κ2) is 7.72. The largest absolute Gasteiger partial charge is 0.497 e. The molecule has 0 bridgehead atoms. The Labute approximate surface area is 153 Å². The summed E-state index contributed by atoms with van der Waals surface area (Å²) in [5, 5.41) is 11.6. The van der Waals surface area contributed by atoms with Crippen LogP contribution in [-0.4, -0.2) is 64.8 Å². The monoisotopic (exact) mass is 358 g/mol. The normalized spacial score (nSPS) is 17.2. The molecule has 1 amide bonds. The number of methoxy groups -OCH3 is 1. The number of piperidine rings is 1. The van der Waals surface area contributed by atoms with E-state index >= 15 is 0 Å². The number of aryl methyl sites for hydroxylation is 2. The van der Waals surface area contributed by atoms with Gasteiger partial charge >= 0.3 is 0 Å². The van der Waals surface area contributed by atoms with Crippen LogP contribution in [-0.2, 0) is 7.05 Å². The van der Waals surface area contributed by atoms with Crippen molar-refractivity contribution in [1.29, 1.82) is 0 Å². The fraction of sp³-hybridized carbons (Fsp3) is 0.556. The lowest BCUT2D eigenvalue weighted by Crippen LogP contribution is -2.43. The van der Waals surface area contributed by atoms with Crippen LogP contribution in [0.15, 0.2) is 18.2 Å². The first-order chi connectivity index (χ1) is 12.5. The van der Waals surface area contributed by atoms with Crippen molar-refractivity contribution in [3.05, 3.63) is 29.3 Å². The minimum atomic E-state index is 0.0952. The van der Waals surface area contributed by atoms with Crippen molar-refractivity contribution in [2.24, 2.45) is 13.0 Å². The zero-order valence-electron chi connectivity index (χ0n) is 15.8. The fourth-order valence-electron chi connectivity index (χ4n) is 3.59. The van der Waals surface area contributed by atoms with E-state index in [1.54, 1.807) is 11.8 Å². The number of amides is 1. The van der Waals surface area contributed by atoms with E-state index in [9.17, 15) is 4.79 Å². The molecule has 1 aromatic carbocycles. The molecular formula is C18H26N6O2. The number of hydrogen-bond acceptors (Lipinski definition) is 6. The number of hydrogen-bond donors (Lipinski definition) is 0. The van der Waals surface area contributed by atoms with Gasteiger partial charge in [-0.3, -0.25) is 4.79 Å². The van der Waals surface area contributed by atoms with E-state index < -0.39 is 0 Å². The summed E-state index contributed by atoms with van der Waals surface area (Å²) in [5.74, 6) is 2.00. The maximum Gasteiger partial charge on any atom is 0.254 e. The Morgan fingerprint density at radius 2 is 2.23 bits per heavy atom. The van der Waals surface area contributed by atoms with Gasteiger partial charge in [0, 0.05) is 39.3 Å². The molecule has 1 aliphatic rings. The van der Waals surface area contributed by atoms with Crippen molar-refractivity contribution in [3.8, 4) is 5.75 Å². The maximum absolute atomic E-state index is 13.0. The molecule has 26 heavy (non-hydrogen) atoms. The molecule has 1 fully saturated rings. The number of ether oxygens (including phenoxy) is 1. The van der Waals surface area contributed by atoms with Gasteiger partial charge in [-0.15, -0.1) is 0 Å². The lowest BCUT2D eigenvalue weighted by Gasteiger charge is -2.35. The fourth-order valence-corrected chi connectivity index (χ4v) is 3.59. The van der Waals surface area contributed by atoms with E-state index in [4.69, 9.17) is 4.74 Å². The summed E-state index contributed by atoms with van der Waals surface area (Å²) < 4.78 is 6.89. The second-order valence-electron chi connectivity index (χ2n) is 6.92. The van der Waals surface area contributed by atoms with Gasteiger partial charge in [0.1, 0.15) is 5.75 Å². The Hall–Kier alpha value is -2.64. The standard InChI is InChI=1S/C18H26N6O2/c1-13-10-15(26-4)7-8-16(13)17(25)24-9-5-6-14(12-24)11-22(2)18-19-20-21-23(18)3/h7-8,10,14H,5-6,9,11-12H2,1-4H3. The van der Waals surface area contributed by atoms with E-state index in [0.717, 1.165) is 55.3 Å². The van der Waals surface area contributed by atoms with Crippen LogP contribution in [0, 0.1) is 12.8 Å². The van der Waals surface area contributed by atoms with Crippen LogP contribution in [0.2, 0.25) is 0 Å². The number of rotatable bonds is 5. The molecule has 0 radical (unpaired) electrons. The highest BCUT2D eigenvalue weighted by atomic mass is 16.5. The molecule has 1 aliphatic heterocycles. The predicted molar refractivity (Wildman–Crippen MR) is 98.4 cm³/mol. The Kier molecular flexibility index (Phi) is 5.39. The number of anilines is 1. The first kappa shape index (κ1) is 18.2. The molecule has 8 heteroatoms. The summed E-state index contributed by atoms with van der Waals surface area (Å²) in [7, 11) is 5.45. The molecule has 3 rings (SSSR count). The summed E-state index contributed by atoms with van der Waals surface area (Å²) in [5.41, 5.74) is 1.69. The first-order valence-electron chi connectivity index (χ1n) is 8.87. The third-order valence-electron chi connectivity index (χ3n) is 4.94. The minimum Gasteiger partial charge on any atom is -0.497 e. The highest BCUT2D eigenvalue weighted by molar-refractivity contribution is 5.95. The molecule has 0 saturated carbocycles. The Balaban J connectivity index is 1.66. The number of carbonyl (C=O) groups excluding carboxylic acids is 1. The van der Waals surface area contributed by atoms with Crippen molar-refractivity contribution < 1.29 is 9.53 Å². The Bertz CT molecular complexity index is 775. The van der Waals surface area contributed by atoms with Crippen LogP contribution in [0.1, 0.15) is 28.8 Å². The van der Waals surface area contributed by atoms with E-state index in [-0.39, 0.29) is 5.91 Å². The van der Waals surface area contributed by atoms with Crippen molar-refractivity contribution in [2.45, 2.75) is 19.8 Å². The van der Waals surface area contributed by atoms with Gasteiger partial charge in [-0.2, -0.15) is 0 Å². The van der Waals surface area contributed by atoms with Crippen LogP contribution in [0.4, 0.5) is 5.95 Å². The summed E-state index contributed by atoms with van der Waals surface area (Å²) in [6, 6.07) is 5.61. The lowest BCUT2D eigenvalue weighted by atomic mass is 9.96. The van der Waals surface area contributed by atoms with Crippen molar-refractivity contribution in [2.75, 3.05) is 38.7 Å². The van der Waals surface area contributed by atoms with Gasteiger partial charge in [0.2, 0.25) is 5.95 Å². The summed E-state index contributed by atoms with van der Waals surface area (Å²) in [6.07, 6.45) is 2.11. The summed E-state index contributed by atoms with van der Waals surface area (Å²) in [4.78, 5) is 17.0. The average Bonchev–Trinajstić information content (AvgIpc) is 3.07. The third kappa shape index (κ3) is 3.79. The lowest BCUT2D eigenvalue weighted by molar-refractivity contribution is 0.0676. The molecular weight excluding hydrogens is 332 g/mol. The Morgan fingerprint density at radius 1 is 1.42 bits per heavy atom. The van der Waals surface area contributed by atoms with Crippen molar-refractivity contribution in [3.63, 3.8) is 0 Å². The van der Waals surface area contributed by atoms with Crippen LogP contribution >= 0.6 is 0 Å². The van der Waals surface area contributed by atoms with Gasteiger partial charge < -0.3 is 14.5 Å². The van der Waals surface area contributed by atoms with Crippen LogP contribution in [0.5, 0.6) is 5.75 Å². The van der Waals surface area contributed by atoms with Crippen molar-refractivity contribution in [1.82, 2.24) is 25.1 Å². The molecule has 0 N–H and O–H groups in total. The zero-order valence-corrected chi connectivity index (χ0v) is 15.8. The number of benzene rings is 1. The number of tetrazole rings is 1. The van der Waals surface area contributed by atoms with E-state index in [2.05, 4.69) is 20.4 Å². The minimum absolute atomic E-state index is 0.0952. The molecule has 1 atom stereocenters. The van der Waals surface area contributed by atoms with Gasteiger partial charge in [0.15, 0.2) is 0 Å². The SMILES string of the molecule is COc1ccc(C(=O)N2CCCC(CN(C)c3nnnn3C)C2)c(C)c1. The van der Waals surface area contributed by atoms with Gasteiger partial charge in [0.25, 0.3) is 5.91 Å². The Morgan fingerprint density at radius 3 is 2.88 bits per heavy atom. The number of likely N-dealkylation sites (tertiary alicyclic amines) is 1. The van der Waals surface area contributed by atoms with Crippen LogP contribution < -0.4 is 9.64 Å². The first-order valence-corrected chi connectivity index (χ1v) is 8.87. The van der Waals surface area contributed by atoms with Crippen molar-refractivity contribution >= 4 is 11.9 Å². The van der Waals surface area contributed by atoms with Crippen LogP contribution in [0.3, 0.4) is 0 Å². The molecule has 1 unspecified atom stereocenters. The van der Waals surface area contributed by atoms with Gasteiger partial charge in [-0.25, -0.2) is 4.68 Å². The van der Waals surface area contributed by atoms with E-state index in [0.29, 0.717) is 5.92 Å². The molecule has 8 nitrogen and oxygen atoms in total. The summed E-state index contributed by atoms with van der Waals surface area (Å²) >= 11 is 0. The highest BCUT2D eigenvalue weighted by Gasteiger charge is 2.27. The van der Waals surface area contributed by atoms with Crippen LogP contribution in [0.25, 0.3) is 0 Å². The molecule has 0 aliphatic carbocycles. The smallest absolute Gasteiger partial charge is 0.254 e. The molecule has 1 aromatic heterocycles. The summed E-state index contributed by atoms with van der Waals surface area (Å²) in [6.45, 7) is 4.32. The highest BCUT2D eigenvalue weighted by Crippen LogP contribution is 2.23. The predicted octanol–water partition coefficient (Wildman–Crippen LogP) is 1.52. The molecule has 1 saturated heterocycles. The number of nitrogens with zero attached hydrogens (tertiary/aromatic N) is 6. The van der Waals surface area contributed by atoms with E-state index in [1.807, 2.05) is 44.1 Å². The van der Waals surface area contributed by atoms with Gasteiger partial charge in [-0.1, -0.05) is 5.10 Å². The molecule has 140 valence electrons. The zero-order chi connectivity index (χ0) is 18.7.